The molecular weight excluding hydrogens is 338 g/mol. The van der Waals surface area contributed by atoms with Crippen LogP contribution in [0.5, 0.6) is 11.5 Å². The van der Waals surface area contributed by atoms with E-state index in [4.69, 9.17) is 15.2 Å². The van der Waals surface area contributed by atoms with Gasteiger partial charge in [-0.3, -0.25) is 0 Å². The molecule has 3 rings (SSSR count). The fourth-order valence-electron chi connectivity index (χ4n) is 2.90. The highest BCUT2D eigenvalue weighted by Gasteiger charge is 2.09. The number of benzene rings is 3. The molecule has 140 valence electrons. The van der Waals surface area contributed by atoms with E-state index in [-0.39, 0.29) is 12.6 Å². The van der Waals surface area contributed by atoms with Gasteiger partial charge in [0.15, 0.2) is 0 Å². The molecule has 0 spiro atoms. The average molecular weight is 363 g/mol. The molecule has 0 heterocycles. The number of aliphatic hydroxyl groups is 1. The van der Waals surface area contributed by atoms with E-state index in [0.717, 1.165) is 33.8 Å². The molecular formula is C23H25NO3. The molecule has 3 aromatic rings. The van der Waals surface area contributed by atoms with Gasteiger partial charge in [0.1, 0.15) is 18.1 Å². The van der Waals surface area contributed by atoms with Crippen molar-refractivity contribution in [3.8, 4) is 22.6 Å². The lowest BCUT2D eigenvalue weighted by atomic mass is 9.98. The van der Waals surface area contributed by atoms with Gasteiger partial charge in [0.05, 0.1) is 19.3 Å². The number of hydrogen-bond acceptors (Lipinski definition) is 4. The maximum atomic E-state index is 9.32. The van der Waals surface area contributed by atoms with Gasteiger partial charge >= 0.3 is 0 Å². The summed E-state index contributed by atoms with van der Waals surface area (Å²) in [5.41, 5.74) is 9.95. The van der Waals surface area contributed by atoms with Crippen LogP contribution in [0.4, 0.5) is 0 Å². The normalized spacial score (nSPS) is 11.8. The van der Waals surface area contributed by atoms with Gasteiger partial charge in [-0.25, -0.2) is 0 Å². The van der Waals surface area contributed by atoms with E-state index in [2.05, 4.69) is 6.07 Å². The Morgan fingerprint density at radius 1 is 0.852 bits per heavy atom. The van der Waals surface area contributed by atoms with E-state index in [1.54, 1.807) is 0 Å². The number of para-hydroxylation sites is 1. The Morgan fingerprint density at radius 3 is 2.41 bits per heavy atom. The molecule has 0 aliphatic carbocycles. The number of aliphatic hydroxyl groups excluding tert-OH is 1. The Balaban J connectivity index is 1.89. The first kappa shape index (κ1) is 19.0. The highest BCUT2D eigenvalue weighted by Crippen LogP contribution is 2.28. The third-order valence-corrected chi connectivity index (χ3v) is 4.27. The maximum absolute atomic E-state index is 9.32. The van der Waals surface area contributed by atoms with Crippen molar-refractivity contribution < 1.29 is 14.6 Å². The number of hydrogen-bond donors (Lipinski definition) is 2. The lowest BCUT2D eigenvalue weighted by molar-refractivity contribution is 0.268. The molecule has 4 heteroatoms. The predicted molar refractivity (Wildman–Crippen MR) is 108 cm³/mol. The van der Waals surface area contributed by atoms with E-state index >= 15 is 0 Å². The maximum Gasteiger partial charge on any atom is 0.120 e. The van der Waals surface area contributed by atoms with Gasteiger partial charge in [-0.1, -0.05) is 36.4 Å². The zero-order valence-electron chi connectivity index (χ0n) is 15.5. The standard InChI is InChI=1S/C23H25NO3/c1-2-26-22-12-17(16-27-21-9-4-3-5-10-21)11-20(14-22)18-7-6-8-19(13-18)23(24)15-25/h3-14,23,25H,2,15-16,24H2,1H3. The summed E-state index contributed by atoms with van der Waals surface area (Å²) >= 11 is 0. The second kappa shape index (κ2) is 9.21. The van der Waals surface area contributed by atoms with Crippen LogP contribution in [0.15, 0.2) is 72.8 Å². The van der Waals surface area contributed by atoms with Crippen molar-refractivity contribution in [3.05, 3.63) is 83.9 Å². The van der Waals surface area contributed by atoms with Gasteiger partial charge in [0.25, 0.3) is 0 Å². The van der Waals surface area contributed by atoms with Crippen molar-refractivity contribution in [1.82, 2.24) is 0 Å². The van der Waals surface area contributed by atoms with Crippen LogP contribution in [0, 0.1) is 0 Å². The average Bonchev–Trinajstić information content (AvgIpc) is 2.72. The summed E-state index contributed by atoms with van der Waals surface area (Å²) in [6, 6.07) is 23.4. The van der Waals surface area contributed by atoms with Crippen LogP contribution in [0.1, 0.15) is 24.1 Å². The molecule has 4 nitrogen and oxygen atoms in total. The summed E-state index contributed by atoms with van der Waals surface area (Å²) in [5, 5.41) is 9.32. The van der Waals surface area contributed by atoms with E-state index in [0.29, 0.717) is 13.2 Å². The Morgan fingerprint density at radius 2 is 1.67 bits per heavy atom. The quantitative estimate of drug-likeness (QED) is 0.625. The number of rotatable bonds is 8. The lowest BCUT2D eigenvalue weighted by Gasteiger charge is -2.14. The summed E-state index contributed by atoms with van der Waals surface area (Å²) in [5.74, 6) is 1.63. The van der Waals surface area contributed by atoms with Gasteiger partial charge in [-0.05, 0) is 65.6 Å². The van der Waals surface area contributed by atoms with Crippen molar-refractivity contribution in [2.24, 2.45) is 5.73 Å². The minimum atomic E-state index is -0.388. The molecule has 0 fully saturated rings. The van der Waals surface area contributed by atoms with Crippen LogP contribution in [0.3, 0.4) is 0 Å². The molecule has 1 atom stereocenters. The minimum Gasteiger partial charge on any atom is -0.494 e. The van der Waals surface area contributed by atoms with Crippen molar-refractivity contribution in [1.29, 1.82) is 0 Å². The molecule has 0 saturated heterocycles. The van der Waals surface area contributed by atoms with Crippen molar-refractivity contribution in [3.63, 3.8) is 0 Å². The van der Waals surface area contributed by atoms with Crippen LogP contribution < -0.4 is 15.2 Å². The van der Waals surface area contributed by atoms with Crippen LogP contribution >= 0.6 is 0 Å². The lowest BCUT2D eigenvalue weighted by Crippen LogP contribution is -2.14. The molecule has 0 amide bonds. The first-order valence-electron chi connectivity index (χ1n) is 9.11. The Kier molecular flexibility index (Phi) is 6.47. The first-order valence-corrected chi connectivity index (χ1v) is 9.11. The van der Waals surface area contributed by atoms with Crippen LogP contribution in [0.2, 0.25) is 0 Å². The zero-order valence-corrected chi connectivity index (χ0v) is 15.5. The minimum absolute atomic E-state index is 0.0847. The summed E-state index contributed by atoms with van der Waals surface area (Å²) < 4.78 is 11.6. The van der Waals surface area contributed by atoms with Crippen molar-refractivity contribution in [2.45, 2.75) is 19.6 Å². The monoisotopic (exact) mass is 363 g/mol. The fraction of sp³-hybridized carbons (Fsp3) is 0.217. The molecule has 1 unspecified atom stereocenters. The molecule has 0 saturated carbocycles. The molecule has 3 aromatic carbocycles. The van der Waals surface area contributed by atoms with Crippen LogP contribution in [-0.4, -0.2) is 18.3 Å². The molecule has 27 heavy (non-hydrogen) atoms. The van der Waals surface area contributed by atoms with E-state index < -0.39 is 0 Å². The molecule has 0 radical (unpaired) electrons. The molecule has 0 aliphatic heterocycles. The largest absolute Gasteiger partial charge is 0.494 e. The van der Waals surface area contributed by atoms with E-state index in [1.165, 1.54) is 0 Å². The van der Waals surface area contributed by atoms with Gasteiger partial charge in [-0.2, -0.15) is 0 Å². The summed E-state index contributed by atoms with van der Waals surface area (Å²) in [4.78, 5) is 0. The van der Waals surface area contributed by atoms with Gasteiger partial charge in [-0.15, -0.1) is 0 Å². The van der Waals surface area contributed by atoms with Crippen LogP contribution in [0.25, 0.3) is 11.1 Å². The molecule has 3 N–H and O–H groups in total. The highest BCUT2D eigenvalue weighted by atomic mass is 16.5. The Bertz CT molecular complexity index is 865. The number of ether oxygens (including phenoxy) is 2. The van der Waals surface area contributed by atoms with E-state index in [9.17, 15) is 5.11 Å². The van der Waals surface area contributed by atoms with Gasteiger partial charge in [0, 0.05) is 0 Å². The Labute approximate surface area is 160 Å². The highest BCUT2D eigenvalue weighted by molar-refractivity contribution is 5.67. The third-order valence-electron chi connectivity index (χ3n) is 4.27. The first-order chi connectivity index (χ1) is 13.2. The topological polar surface area (TPSA) is 64.7 Å². The van der Waals surface area contributed by atoms with Gasteiger partial charge < -0.3 is 20.3 Å². The SMILES string of the molecule is CCOc1cc(COc2ccccc2)cc(-c2cccc(C(N)CO)c2)c1. The van der Waals surface area contributed by atoms with Crippen molar-refractivity contribution >= 4 is 0 Å². The summed E-state index contributed by atoms with van der Waals surface area (Å²) in [7, 11) is 0. The fourth-order valence-corrected chi connectivity index (χ4v) is 2.90. The molecule has 0 bridgehead atoms. The summed E-state index contributed by atoms with van der Waals surface area (Å²) in [6.45, 7) is 2.93. The third kappa shape index (κ3) is 5.09. The summed E-state index contributed by atoms with van der Waals surface area (Å²) in [6.07, 6.45) is 0. The molecule has 0 aromatic heterocycles. The second-order valence-electron chi connectivity index (χ2n) is 6.31. The predicted octanol–water partition coefficient (Wildman–Crippen LogP) is 4.32. The van der Waals surface area contributed by atoms with E-state index in [1.807, 2.05) is 73.7 Å². The Hall–Kier alpha value is -2.82. The van der Waals surface area contributed by atoms with Gasteiger partial charge in [0.2, 0.25) is 0 Å². The van der Waals surface area contributed by atoms with Crippen LogP contribution in [-0.2, 0) is 6.61 Å². The number of nitrogens with two attached hydrogens (primary N) is 1. The molecule has 0 aliphatic rings. The smallest absolute Gasteiger partial charge is 0.120 e. The second-order valence-corrected chi connectivity index (χ2v) is 6.31. The van der Waals surface area contributed by atoms with Crippen molar-refractivity contribution in [2.75, 3.05) is 13.2 Å². The zero-order chi connectivity index (χ0) is 19.1.